The van der Waals surface area contributed by atoms with Gasteiger partial charge in [-0.15, -0.1) is 0 Å². The van der Waals surface area contributed by atoms with Crippen LogP contribution in [0.4, 0.5) is 0 Å². The third kappa shape index (κ3) is 2.60. The molecule has 2 aliphatic rings. The highest BCUT2D eigenvalue weighted by Gasteiger charge is 2.45. The molecule has 3 rings (SSSR count). The Hall–Kier alpha value is -0.630. The lowest BCUT2D eigenvalue weighted by molar-refractivity contribution is 0.411. The lowest BCUT2D eigenvalue weighted by Crippen LogP contribution is -2.33. The van der Waals surface area contributed by atoms with E-state index >= 15 is 0 Å². The van der Waals surface area contributed by atoms with Crippen molar-refractivity contribution in [3.05, 3.63) is 22.7 Å². The Kier molecular flexibility index (Phi) is 4.02. The zero-order valence-corrected chi connectivity index (χ0v) is 14.2. The summed E-state index contributed by atoms with van der Waals surface area (Å²) in [5.74, 6) is 1.34. The first-order valence-electron chi connectivity index (χ1n) is 7.02. The maximum absolute atomic E-state index is 12.7. The number of rotatable bonds is 3. The average Bonchev–Trinajstić information content (AvgIpc) is 3.02. The van der Waals surface area contributed by atoms with Gasteiger partial charge in [-0.3, -0.25) is 0 Å². The van der Waals surface area contributed by atoms with E-state index in [0.29, 0.717) is 40.0 Å². The molecule has 0 amide bonds. The second kappa shape index (κ2) is 5.53. The minimum atomic E-state index is -3.46. The number of halogens is 1. The molecule has 1 aliphatic carbocycles. The number of methoxy groups -OCH3 is 1. The van der Waals surface area contributed by atoms with E-state index in [0.717, 1.165) is 12.8 Å². The number of ether oxygens (including phenoxy) is 1. The predicted octanol–water partition coefficient (Wildman–Crippen LogP) is 1.82. The zero-order chi connectivity index (χ0) is 15.2. The summed E-state index contributed by atoms with van der Waals surface area (Å²) >= 11 is 3.34. The molecule has 0 bridgehead atoms. The number of benzene rings is 1. The molecule has 0 spiro atoms. The number of nitrogens with two attached hydrogens (primary N) is 1. The first kappa shape index (κ1) is 15.3. The molecule has 5 nitrogen and oxygen atoms in total. The fourth-order valence-electron chi connectivity index (χ4n) is 3.42. The first-order chi connectivity index (χ1) is 9.93. The third-order valence-electron chi connectivity index (χ3n) is 4.64. The van der Waals surface area contributed by atoms with E-state index in [9.17, 15) is 8.42 Å². The number of fused-ring (bicyclic) bond motifs is 1. The van der Waals surface area contributed by atoms with Gasteiger partial charge in [-0.2, -0.15) is 4.31 Å². The molecule has 1 aromatic rings. The normalized spacial score (nSPS) is 29.6. The van der Waals surface area contributed by atoms with Crippen molar-refractivity contribution in [2.75, 3.05) is 20.2 Å². The van der Waals surface area contributed by atoms with Gasteiger partial charge in [0.05, 0.1) is 16.5 Å². The molecule has 3 unspecified atom stereocenters. The van der Waals surface area contributed by atoms with Gasteiger partial charge in [0.2, 0.25) is 10.0 Å². The van der Waals surface area contributed by atoms with Crippen LogP contribution in [0.2, 0.25) is 0 Å². The number of nitrogens with zero attached hydrogens (tertiary/aromatic N) is 1. The van der Waals surface area contributed by atoms with Crippen LogP contribution >= 0.6 is 15.9 Å². The van der Waals surface area contributed by atoms with Crippen LogP contribution in [-0.2, 0) is 10.0 Å². The molecule has 1 aliphatic heterocycles. The van der Waals surface area contributed by atoms with E-state index in [4.69, 9.17) is 10.5 Å². The molecule has 0 aromatic heterocycles. The van der Waals surface area contributed by atoms with E-state index in [1.807, 2.05) is 0 Å². The van der Waals surface area contributed by atoms with Crippen molar-refractivity contribution in [2.24, 2.45) is 17.6 Å². The first-order valence-corrected chi connectivity index (χ1v) is 9.26. The Morgan fingerprint density at radius 2 is 2.10 bits per heavy atom. The fraction of sp³-hybridized carbons (Fsp3) is 0.571. The molecule has 3 atom stereocenters. The van der Waals surface area contributed by atoms with Gasteiger partial charge in [-0.25, -0.2) is 8.42 Å². The van der Waals surface area contributed by atoms with Gasteiger partial charge < -0.3 is 10.5 Å². The molecule has 2 fully saturated rings. The van der Waals surface area contributed by atoms with E-state index in [-0.39, 0.29) is 6.04 Å². The highest BCUT2D eigenvalue weighted by Crippen LogP contribution is 2.39. The van der Waals surface area contributed by atoms with E-state index < -0.39 is 10.0 Å². The highest BCUT2D eigenvalue weighted by molar-refractivity contribution is 9.10. The van der Waals surface area contributed by atoms with Gasteiger partial charge in [-0.05, 0) is 58.8 Å². The monoisotopic (exact) mass is 374 g/mol. The molecular formula is C14H19BrN2O3S. The average molecular weight is 375 g/mol. The van der Waals surface area contributed by atoms with Crippen LogP contribution in [-0.4, -0.2) is 39.0 Å². The molecule has 116 valence electrons. The number of hydrogen-bond donors (Lipinski definition) is 1. The van der Waals surface area contributed by atoms with Crippen LogP contribution in [0.1, 0.15) is 12.8 Å². The second-order valence-electron chi connectivity index (χ2n) is 5.78. The topological polar surface area (TPSA) is 72.6 Å². The molecule has 0 radical (unpaired) electrons. The summed E-state index contributed by atoms with van der Waals surface area (Å²) in [6, 6.07) is 4.99. The summed E-state index contributed by atoms with van der Waals surface area (Å²) in [5, 5.41) is 0. The predicted molar refractivity (Wildman–Crippen MR) is 83.6 cm³/mol. The molecular weight excluding hydrogens is 356 g/mol. The van der Waals surface area contributed by atoms with Crippen LogP contribution in [0.3, 0.4) is 0 Å². The Bertz CT molecular complexity index is 650. The summed E-state index contributed by atoms with van der Waals surface area (Å²) in [7, 11) is -1.91. The Labute approximate surface area is 133 Å². The van der Waals surface area contributed by atoms with Crippen LogP contribution in [0.25, 0.3) is 0 Å². The zero-order valence-electron chi connectivity index (χ0n) is 11.8. The van der Waals surface area contributed by atoms with Crippen molar-refractivity contribution in [3.8, 4) is 5.75 Å². The summed E-state index contributed by atoms with van der Waals surface area (Å²) < 4.78 is 32.9. The standard InChI is InChI=1S/C14H19BrN2O3S/c1-20-14-5-3-10(6-12(14)15)21(18,19)17-7-9-2-4-13(16)11(9)8-17/h3,5-6,9,11,13H,2,4,7-8,16H2,1H3. The van der Waals surface area contributed by atoms with Crippen LogP contribution in [0, 0.1) is 11.8 Å². The maximum Gasteiger partial charge on any atom is 0.243 e. The van der Waals surface area contributed by atoms with Gasteiger partial charge in [0.1, 0.15) is 5.75 Å². The molecule has 1 saturated heterocycles. The molecule has 1 aromatic carbocycles. The Morgan fingerprint density at radius 1 is 1.33 bits per heavy atom. The van der Waals surface area contributed by atoms with Crippen molar-refractivity contribution < 1.29 is 13.2 Å². The second-order valence-corrected chi connectivity index (χ2v) is 8.58. The Morgan fingerprint density at radius 3 is 2.71 bits per heavy atom. The van der Waals surface area contributed by atoms with Gasteiger partial charge in [0.25, 0.3) is 0 Å². The van der Waals surface area contributed by atoms with Crippen molar-refractivity contribution in [1.29, 1.82) is 0 Å². The highest BCUT2D eigenvalue weighted by atomic mass is 79.9. The minimum absolute atomic E-state index is 0.137. The summed E-state index contributed by atoms with van der Waals surface area (Å²) in [5.41, 5.74) is 6.08. The van der Waals surface area contributed by atoms with Crippen molar-refractivity contribution in [3.63, 3.8) is 0 Å². The maximum atomic E-state index is 12.7. The van der Waals surface area contributed by atoms with E-state index in [1.54, 1.807) is 29.6 Å². The molecule has 1 heterocycles. The minimum Gasteiger partial charge on any atom is -0.496 e. The quantitative estimate of drug-likeness (QED) is 0.875. The third-order valence-corrected chi connectivity index (χ3v) is 7.09. The van der Waals surface area contributed by atoms with Crippen molar-refractivity contribution >= 4 is 26.0 Å². The molecule has 7 heteroatoms. The van der Waals surface area contributed by atoms with Gasteiger partial charge >= 0.3 is 0 Å². The van der Waals surface area contributed by atoms with Crippen molar-refractivity contribution in [2.45, 2.75) is 23.8 Å². The van der Waals surface area contributed by atoms with Gasteiger partial charge in [0, 0.05) is 19.1 Å². The van der Waals surface area contributed by atoms with Gasteiger partial charge in [-0.1, -0.05) is 0 Å². The summed E-state index contributed by atoms with van der Waals surface area (Å²) in [4.78, 5) is 0.295. The van der Waals surface area contributed by atoms with Crippen LogP contribution in [0.15, 0.2) is 27.6 Å². The van der Waals surface area contributed by atoms with E-state index in [2.05, 4.69) is 15.9 Å². The fourth-order valence-corrected chi connectivity index (χ4v) is 5.67. The molecule has 2 N–H and O–H groups in total. The summed E-state index contributed by atoms with van der Waals surface area (Å²) in [6.45, 7) is 1.13. The lowest BCUT2D eigenvalue weighted by Gasteiger charge is -2.19. The number of sulfonamides is 1. The van der Waals surface area contributed by atoms with Crippen molar-refractivity contribution in [1.82, 2.24) is 4.31 Å². The van der Waals surface area contributed by atoms with Gasteiger partial charge in [0.15, 0.2) is 0 Å². The molecule has 21 heavy (non-hydrogen) atoms. The van der Waals surface area contributed by atoms with E-state index in [1.165, 1.54) is 0 Å². The SMILES string of the molecule is COc1ccc(S(=O)(=O)N2CC3CCC(N)C3C2)cc1Br. The largest absolute Gasteiger partial charge is 0.496 e. The molecule has 1 saturated carbocycles. The van der Waals surface area contributed by atoms with Crippen LogP contribution < -0.4 is 10.5 Å². The Balaban J connectivity index is 1.86. The summed E-state index contributed by atoms with van der Waals surface area (Å²) in [6.07, 6.45) is 2.04. The lowest BCUT2D eigenvalue weighted by atomic mass is 9.98. The smallest absolute Gasteiger partial charge is 0.243 e. The number of hydrogen-bond acceptors (Lipinski definition) is 4. The van der Waals surface area contributed by atoms with Crippen LogP contribution in [0.5, 0.6) is 5.75 Å².